The smallest absolute Gasteiger partial charge is 0.221 e. The minimum atomic E-state index is -2.91. The molecule has 9 heteroatoms. The molecule has 1 saturated heterocycles. The molecule has 1 aromatic heterocycles. The van der Waals surface area contributed by atoms with E-state index in [-0.39, 0.29) is 23.5 Å². The van der Waals surface area contributed by atoms with E-state index in [9.17, 15) is 13.2 Å². The van der Waals surface area contributed by atoms with Crippen molar-refractivity contribution in [2.24, 2.45) is 0 Å². The van der Waals surface area contributed by atoms with E-state index < -0.39 is 9.84 Å². The van der Waals surface area contributed by atoms with Gasteiger partial charge < -0.3 is 15.0 Å². The van der Waals surface area contributed by atoms with Crippen LogP contribution in [0.2, 0.25) is 0 Å². The standard InChI is InChI=1S/C19H26N4O4S/c1-22(16-8-10-28(25,26)14-16)9-7-19(24)20-11-15-12-21-23(13-15)17-5-3-4-6-18(17)27-2/h3-6,12-13,16H,7-11,14H2,1-2H3,(H,20,24)/t16-/m1/s1. The first-order chi connectivity index (χ1) is 13.4. The van der Waals surface area contributed by atoms with Crippen molar-refractivity contribution in [1.29, 1.82) is 0 Å². The first-order valence-corrected chi connectivity index (χ1v) is 11.0. The van der Waals surface area contributed by atoms with E-state index in [0.29, 0.717) is 25.9 Å². The fraction of sp³-hybridized carbons (Fsp3) is 0.474. The van der Waals surface area contributed by atoms with Gasteiger partial charge in [0.25, 0.3) is 0 Å². The van der Waals surface area contributed by atoms with Crippen LogP contribution in [-0.2, 0) is 21.2 Å². The summed E-state index contributed by atoms with van der Waals surface area (Å²) in [5.74, 6) is 1.08. The van der Waals surface area contributed by atoms with Gasteiger partial charge in [-0.05, 0) is 25.6 Å². The van der Waals surface area contributed by atoms with Crippen molar-refractivity contribution in [1.82, 2.24) is 20.0 Å². The third-order valence-corrected chi connectivity index (χ3v) is 6.73. The summed E-state index contributed by atoms with van der Waals surface area (Å²) in [7, 11) is 0.572. The Balaban J connectivity index is 1.47. The Morgan fingerprint density at radius 3 is 2.89 bits per heavy atom. The molecule has 0 saturated carbocycles. The number of amides is 1. The number of hydrogen-bond acceptors (Lipinski definition) is 6. The van der Waals surface area contributed by atoms with Crippen molar-refractivity contribution >= 4 is 15.7 Å². The Bertz CT molecular complexity index is 926. The van der Waals surface area contributed by atoms with Gasteiger partial charge in [-0.15, -0.1) is 0 Å². The topological polar surface area (TPSA) is 93.5 Å². The molecule has 2 heterocycles. The molecule has 0 bridgehead atoms. The Kier molecular flexibility index (Phi) is 6.35. The predicted octanol–water partition coefficient (Wildman–Crippen LogP) is 1.01. The summed E-state index contributed by atoms with van der Waals surface area (Å²) in [6, 6.07) is 7.59. The molecular formula is C19H26N4O4S. The number of benzene rings is 1. The molecule has 28 heavy (non-hydrogen) atoms. The Hall–Kier alpha value is -2.39. The average Bonchev–Trinajstić information content (AvgIpc) is 3.30. The lowest BCUT2D eigenvalue weighted by atomic mass is 10.2. The van der Waals surface area contributed by atoms with E-state index in [1.807, 2.05) is 42.4 Å². The number of hydrogen-bond donors (Lipinski definition) is 1. The van der Waals surface area contributed by atoms with Crippen LogP contribution in [0, 0.1) is 0 Å². The number of rotatable bonds is 8. The number of sulfone groups is 1. The van der Waals surface area contributed by atoms with Crippen molar-refractivity contribution in [2.45, 2.75) is 25.4 Å². The summed E-state index contributed by atoms with van der Waals surface area (Å²) < 4.78 is 30.2. The zero-order valence-corrected chi connectivity index (χ0v) is 17.0. The average molecular weight is 407 g/mol. The van der Waals surface area contributed by atoms with Crippen LogP contribution < -0.4 is 10.1 Å². The molecule has 8 nitrogen and oxygen atoms in total. The third kappa shape index (κ3) is 5.11. The fourth-order valence-corrected chi connectivity index (χ4v) is 5.08. The van der Waals surface area contributed by atoms with Gasteiger partial charge >= 0.3 is 0 Å². The van der Waals surface area contributed by atoms with E-state index in [0.717, 1.165) is 17.0 Å². The van der Waals surface area contributed by atoms with Crippen LogP contribution in [0.3, 0.4) is 0 Å². The highest BCUT2D eigenvalue weighted by Gasteiger charge is 2.30. The van der Waals surface area contributed by atoms with Gasteiger partial charge in [-0.25, -0.2) is 13.1 Å². The summed E-state index contributed by atoms with van der Waals surface area (Å²) >= 11 is 0. The molecule has 1 aliphatic rings. The minimum Gasteiger partial charge on any atom is -0.494 e. The number of para-hydroxylation sites is 2. The minimum absolute atomic E-state index is 0.0110. The molecule has 152 valence electrons. The van der Waals surface area contributed by atoms with E-state index in [2.05, 4.69) is 10.4 Å². The summed E-state index contributed by atoms with van der Waals surface area (Å²) in [6.07, 6.45) is 4.53. The highest BCUT2D eigenvalue weighted by molar-refractivity contribution is 7.91. The zero-order chi connectivity index (χ0) is 20.1. The van der Waals surface area contributed by atoms with Crippen molar-refractivity contribution in [3.63, 3.8) is 0 Å². The van der Waals surface area contributed by atoms with Gasteiger partial charge in [-0.1, -0.05) is 12.1 Å². The molecule has 1 amide bonds. The van der Waals surface area contributed by atoms with Crippen LogP contribution in [0.4, 0.5) is 0 Å². The van der Waals surface area contributed by atoms with Crippen LogP contribution in [0.15, 0.2) is 36.7 Å². The van der Waals surface area contributed by atoms with Gasteiger partial charge in [0.1, 0.15) is 11.4 Å². The fourth-order valence-electron chi connectivity index (χ4n) is 3.27. The lowest BCUT2D eigenvalue weighted by Gasteiger charge is -2.22. The van der Waals surface area contributed by atoms with Crippen LogP contribution in [0.25, 0.3) is 5.69 Å². The Morgan fingerprint density at radius 2 is 2.18 bits per heavy atom. The van der Waals surface area contributed by atoms with E-state index in [4.69, 9.17) is 4.74 Å². The molecule has 0 radical (unpaired) electrons. The molecule has 1 aliphatic heterocycles. The molecule has 1 N–H and O–H groups in total. The second-order valence-electron chi connectivity index (χ2n) is 7.03. The summed E-state index contributed by atoms with van der Waals surface area (Å²) in [5.41, 5.74) is 1.71. The molecule has 2 aromatic rings. The van der Waals surface area contributed by atoms with Gasteiger partial charge in [0, 0.05) is 37.3 Å². The van der Waals surface area contributed by atoms with E-state index >= 15 is 0 Å². The maximum Gasteiger partial charge on any atom is 0.221 e. The molecule has 1 atom stereocenters. The van der Waals surface area contributed by atoms with Gasteiger partial charge in [-0.3, -0.25) is 4.79 Å². The van der Waals surface area contributed by atoms with Gasteiger partial charge in [0.2, 0.25) is 5.91 Å². The van der Waals surface area contributed by atoms with Gasteiger partial charge in [-0.2, -0.15) is 5.10 Å². The van der Waals surface area contributed by atoms with Crippen molar-refractivity contribution in [3.8, 4) is 11.4 Å². The summed E-state index contributed by atoms with van der Waals surface area (Å²) in [5, 5.41) is 7.22. The number of nitrogens with zero attached hydrogens (tertiary/aromatic N) is 3. The van der Waals surface area contributed by atoms with Crippen LogP contribution >= 0.6 is 0 Å². The van der Waals surface area contributed by atoms with Crippen LogP contribution in [0.1, 0.15) is 18.4 Å². The van der Waals surface area contributed by atoms with Gasteiger partial charge in [0.05, 0.1) is 24.8 Å². The number of nitrogens with one attached hydrogen (secondary N) is 1. The van der Waals surface area contributed by atoms with Crippen LogP contribution in [0.5, 0.6) is 5.75 Å². The third-order valence-electron chi connectivity index (χ3n) is 4.98. The second kappa shape index (κ2) is 8.74. The maximum atomic E-state index is 12.1. The summed E-state index contributed by atoms with van der Waals surface area (Å²) in [4.78, 5) is 14.1. The molecule has 3 rings (SSSR count). The number of carbonyl (C=O) groups is 1. The quantitative estimate of drug-likeness (QED) is 0.703. The van der Waals surface area contributed by atoms with Crippen molar-refractivity contribution in [2.75, 3.05) is 32.2 Å². The molecule has 1 aromatic carbocycles. The lowest BCUT2D eigenvalue weighted by Crippen LogP contribution is -2.36. The Labute approximate surface area is 165 Å². The van der Waals surface area contributed by atoms with Crippen molar-refractivity contribution < 1.29 is 17.9 Å². The highest BCUT2D eigenvalue weighted by Crippen LogP contribution is 2.21. The monoisotopic (exact) mass is 406 g/mol. The molecule has 0 unspecified atom stereocenters. The predicted molar refractivity (Wildman–Crippen MR) is 106 cm³/mol. The second-order valence-corrected chi connectivity index (χ2v) is 9.26. The lowest BCUT2D eigenvalue weighted by molar-refractivity contribution is -0.121. The van der Waals surface area contributed by atoms with E-state index in [1.54, 1.807) is 18.0 Å². The largest absolute Gasteiger partial charge is 0.494 e. The van der Waals surface area contributed by atoms with Crippen LogP contribution in [-0.4, -0.2) is 67.3 Å². The molecule has 0 spiro atoms. The highest BCUT2D eigenvalue weighted by atomic mass is 32.2. The number of ether oxygens (including phenoxy) is 1. The maximum absolute atomic E-state index is 12.1. The number of methoxy groups -OCH3 is 1. The molecule has 1 fully saturated rings. The molecule has 0 aliphatic carbocycles. The Morgan fingerprint density at radius 1 is 1.39 bits per heavy atom. The van der Waals surface area contributed by atoms with E-state index in [1.165, 1.54) is 0 Å². The normalized spacial score (nSPS) is 18.3. The zero-order valence-electron chi connectivity index (χ0n) is 16.2. The first kappa shape index (κ1) is 20.3. The van der Waals surface area contributed by atoms with Crippen molar-refractivity contribution in [3.05, 3.63) is 42.2 Å². The SMILES string of the molecule is COc1ccccc1-n1cc(CNC(=O)CCN(C)[C@@H]2CCS(=O)(=O)C2)cn1. The molecular weight excluding hydrogens is 380 g/mol. The van der Waals surface area contributed by atoms with Gasteiger partial charge in [0.15, 0.2) is 9.84 Å². The number of carbonyl (C=O) groups excluding carboxylic acids is 1. The first-order valence-electron chi connectivity index (χ1n) is 9.22. The number of aromatic nitrogens is 2. The summed E-state index contributed by atoms with van der Waals surface area (Å²) in [6.45, 7) is 0.919.